The Morgan fingerprint density at radius 3 is 2.42 bits per heavy atom. The van der Waals surface area contributed by atoms with E-state index < -0.39 is 28.5 Å². The van der Waals surface area contributed by atoms with Crippen molar-refractivity contribution in [1.82, 2.24) is 5.32 Å². The summed E-state index contributed by atoms with van der Waals surface area (Å²) in [5.41, 5.74) is 1.01. The third-order valence-corrected chi connectivity index (χ3v) is 6.65. The van der Waals surface area contributed by atoms with Gasteiger partial charge in [-0.05, 0) is 54.1 Å². The minimum atomic E-state index is -3.98. The van der Waals surface area contributed by atoms with Crippen LogP contribution in [0.5, 0.6) is 0 Å². The van der Waals surface area contributed by atoms with Crippen LogP contribution in [0.3, 0.4) is 0 Å². The van der Waals surface area contributed by atoms with Gasteiger partial charge in [0.2, 0.25) is 0 Å². The van der Waals surface area contributed by atoms with E-state index in [1.165, 1.54) is 61.6 Å². The SMILES string of the molecule is CN(c1cccc(Cl)c1)S(=O)(=O)c1cccc(C(=O)OCC(=O)NCc2ccc(F)cc2)c1. The molecule has 0 fully saturated rings. The second-order valence-electron chi connectivity index (χ2n) is 6.96. The van der Waals surface area contributed by atoms with Gasteiger partial charge in [0.25, 0.3) is 15.9 Å². The summed E-state index contributed by atoms with van der Waals surface area (Å²) in [5, 5.41) is 2.93. The maximum Gasteiger partial charge on any atom is 0.338 e. The Morgan fingerprint density at radius 2 is 1.73 bits per heavy atom. The molecule has 0 radical (unpaired) electrons. The standard InChI is InChI=1S/C23H20ClFN2O5S/c1-27(20-6-3-5-18(24)13-20)33(30,31)21-7-2-4-17(12-21)23(29)32-15-22(28)26-14-16-8-10-19(25)11-9-16/h2-13H,14-15H2,1H3,(H,26,28). The Balaban J connectivity index is 1.62. The van der Waals surface area contributed by atoms with E-state index in [9.17, 15) is 22.4 Å². The lowest BCUT2D eigenvalue weighted by Gasteiger charge is -2.20. The van der Waals surface area contributed by atoms with E-state index in [0.29, 0.717) is 16.3 Å². The fraction of sp³-hybridized carbons (Fsp3) is 0.130. The Morgan fingerprint density at radius 1 is 1.03 bits per heavy atom. The van der Waals surface area contributed by atoms with Crippen LogP contribution in [0.2, 0.25) is 5.02 Å². The molecule has 0 saturated heterocycles. The van der Waals surface area contributed by atoms with E-state index in [1.54, 1.807) is 18.2 Å². The molecule has 0 heterocycles. The zero-order chi connectivity index (χ0) is 24.0. The van der Waals surface area contributed by atoms with Crippen LogP contribution in [-0.2, 0) is 26.1 Å². The third-order valence-electron chi connectivity index (χ3n) is 4.64. The smallest absolute Gasteiger partial charge is 0.338 e. The number of rotatable bonds is 8. The number of hydrogen-bond acceptors (Lipinski definition) is 5. The maximum atomic E-state index is 13.0. The minimum absolute atomic E-state index is 0.0260. The van der Waals surface area contributed by atoms with E-state index in [-0.39, 0.29) is 22.8 Å². The van der Waals surface area contributed by atoms with Gasteiger partial charge in [0, 0.05) is 18.6 Å². The highest BCUT2D eigenvalue weighted by molar-refractivity contribution is 7.92. The monoisotopic (exact) mass is 490 g/mol. The quantitative estimate of drug-likeness (QED) is 0.485. The number of esters is 1. The lowest BCUT2D eigenvalue weighted by Crippen LogP contribution is -2.28. The second kappa shape index (κ2) is 10.5. The van der Waals surface area contributed by atoms with Crippen molar-refractivity contribution in [3.63, 3.8) is 0 Å². The molecule has 3 aromatic carbocycles. The summed E-state index contributed by atoms with van der Waals surface area (Å²) >= 11 is 5.95. The fourth-order valence-corrected chi connectivity index (χ4v) is 4.24. The van der Waals surface area contributed by atoms with Gasteiger partial charge in [0.15, 0.2) is 6.61 Å². The van der Waals surface area contributed by atoms with Crippen molar-refractivity contribution in [2.24, 2.45) is 0 Å². The Labute approximate surface area is 195 Å². The molecule has 33 heavy (non-hydrogen) atoms. The predicted octanol–water partition coefficient (Wildman–Crippen LogP) is 3.78. The summed E-state index contributed by atoms with van der Waals surface area (Å²) in [6.45, 7) is -0.417. The summed E-state index contributed by atoms with van der Waals surface area (Å²) in [5.74, 6) is -1.80. The number of carbonyl (C=O) groups excluding carboxylic acids is 2. The average Bonchev–Trinajstić information content (AvgIpc) is 2.81. The molecule has 0 aliphatic carbocycles. The van der Waals surface area contributed by atoms with E-state index in [4.69, 9.17) is 16.3 Å². The molecule has 0 atom stereocenters. The molecule has 1 amide bonds. The third kappa shape index (κ3) is 6.30. The first-order valence-electron chi connectivity index (χ1n) is 9.69. The number of hydrogen-bond donors (Lipinski definition) is 1. The van der Waals surface area contributed by atoms with Crippen LogP contribution in [-0.4, -0.2) is 33.9 Å². The van der Waals surface area contributed by atoms with Gasteiger partial charge in [-0.25, -0.2) is 17.6 Å². The van der Waals surface area contributed by atoms with Gasteiger partial charge < -0.3 is 10.1 Å². The minimum Gasteiger partial charge on any atom is -0.452 e. The van der Waals surface area contributed by atoms with Crippen molar-refractivity contribution in [1.29, 1.82) is 0 Å². The highest BCUT2D eigenvalue weighted by atomic mass is 35.5. The van der Waals surface area contributed by atoms with Gasteiger partial charge in [-0.2, -0.15) is 0 Å². The molecule has 1 N–H and O–H groups in total. The number of carbonyl (C=O) groups is 2. The number of nitrogens with zero attached hydrogens (tertiary/aromatic N) is 1. The van der Waals surface area contributed by atoms with Gasteiger partial charge in [-0.15, -0.1) is 0 Å². The van der Waals surface area contributed by atoms with Crippen molar-refractivity contribution in [2.45, 2.75) is 11.4 Å². The molecule has 0 aromatic heterocycles. The second-order valence-corrected chi connectivity index (χ2v) is 9.37. The molecule has 0 aliphatic rings. The van der Waals surface area contributed by atoms with Crippen molar-refractivity contribution < 1.29 is 27.1 Å². The fourth-order valence-electron chi connectivity index (χ4n) is 2.82. The Bertz CT molecular complexity index is 1270. The number of nitrogens with one attached hydrogen (secondary N) is 1. The number of ether oxygens (including phenoxy) is 1. The van der Waals surface area contributed by atoms with Crippen LogP contribution in [0.25, 0.3) is 0 Å². The van der Waals surface area contributed by atoms with E-state index in [2.05, 4.69) is 5.32 Å². The van der Waals surface area contributed by atoms with Crippen molar-refractivity contribution in [2.75, 3.05) is 18.0 Å². The van der Waals surface area contributed by atoms with Gasteiger partial charge in [-0.3, -0.25) is 9.10 Å². The summed E-state index contributed by atoms with van der Waals surface area (Å²) in [4.78, 5) is 24.2. The van der Waals surface area contributed by atoms with Crippen LogP contribution in [0, 0.1) is 5.82 Å². The van der Waals surface area contributed by atoms with E-state index in [1.807, 2.05) is 0 Å². The van der Waals surface area contributed by atoms with Crippen LogP contribution in [0.1, 0.15) is 15.9 Å². The van der Waals surface area contributed by atoms with Gasteiger partial charge in [-0.1, -0.05) is 35.9 Å². The van der Waals surface area contributed by atoms with Crippen LogP contribution in [0.4, 0.5) is 10.1 Å². The molecular weight excluding hydrogens is 471 g/mol. The molecule has 0 spiro atoms. The van der Waals surface area contributed by atoms with Gasteiger partial charge in [0.1, 0.15) is 5.82 Å². The Kier molecular flexibility index (Phi) is 7.67. The summed E-state index contributed by atoms with van der Waals surface area (Å²) in [7, 11) is -2.61. The van der Waals surface area contributed by atoms with Crippen LogP contribution in [0.15, 0.2) is 77.7 Å². The predicted molar refractivity (Wildman–Crippen MR) is 122 cm³/mol. The molecular formula is C23H20ClFN2O5S. The number of amides is 1. The zero-order valence-electron chi connectivity index (χ0n) is 17.5. The largest absolute Gasteiger partial charge is 0.452 e. The molecule has 7 nitrogen and oxygen atoms in total. The number of halogens is 2. The molecule has 0 unspecified atom stereocenters. The topological polar surface area (TPSA) is 92.8 Å². The highest BCUT2D eigenvalue weighted by Gasteiger charge is 2.23. The van der Waals surface area contributed by atoms with Crippen LogP contribution >= 0.6 is 11.6 Å². The molecule has 0 saturated carbocycles. The van der Waals surface area contributed by atoms with Crippen molar-refractivity contribution >= 4 is 39.2 Å². The summed E-state index contributed by atoms with van der Waals surface area (Å²) < 4.78 is 44.9. The van der Waals surface area contributed by atoms with Crippen molar-refractivity contribution in [3.05, 3.63) is 94.8 Å². The van der Waals surface area contributed by atoms with E-state index >= 15 is 0 Å². The first kappa shape index (κ1) is 24.2. The number of sulfonamides is 1. The molecule has 10 heteroatoms. The van der Waals surface area contributed by atoms with Crippen LogP contribution < -0.4 is 9.62 Å². The highest BCUT2D eigenvalue weighted by Crippen LogP contribution is 2.25. The number of anilines is 1. The zero-order valence-corrected chi connectivity index (χ0v) is 19.1. The molecule has 3 rings (SSSR count). The lowest BCUT2D eigenvalue weighted by molar-refractivity contribution is -0.124. The first-order chi connectivity index (χ1) is 15.7. The maximum absolute atomic E-state index is 13.0. The lowest BCUT2D eigenvalue weighted by atomic mass is 10.2. The Hall–Kier alpha value is -3.43. The van der Waals surface area contributed by atoms with E-state index in [0.717, 1.165) is 4.31 Å². The van der Waals surface area contributed by atoms with Gasteiger partial charge >= 0.3 is 5.97 Å². The molecule has 172 valence electrons. The van der Waals surface area contributed by atoms with Crippen molar-refractivity contribution in [3.8, 4) is 0 Å². The molecule has 0 bridgehead atoms. The molecule has 3 aromatic rings. The number of benzene rings is 3. The van der Waals surface area contributed by atoms with Gasteiger partial charge in [0.05, 0.1) is 16.1 Å². The summed E-state index contributed by atoms with van der Waals surface area (Å²) in [6.07, 6.45) is 0. The normalized spacial score (nSPS) is 11.0. The summed E-state index contributed by atoms with van der Waals surface area (Å²) in [6, 6.07) is 17.2. The first-order valence-corrected chi connectivity index (χ1v) is 11.5. The average molecular weight is 491 g/mol. The molecule has 0 aliphatic heterocycles.